The topological polar surface area (TPSA) is 68.8 Å². The summed E-state index contributed by atoms with van der Waals surface area (Å²) in [4.78, 5) is 12.6. The standard InChI is InChI=1S/C23H28N2O4/c1-2-27-23(26)22(29-20-8-3-16-9-11-24-14-18(16)13-20)17-4-6-19(7-5-17)28-21-10-12-25-15-21/h3-8,13,21-22,24-25H,2,9-12,14-15H2,1H3/t21-,22?/m0/s1. The van der Waals surface area contributed by atoms with E-state index in [0.29, 0.717) is 12.4 Å². The number of esters is 1. The Balaban J connectivity index is 1.51. The molecule has 0 aromatic heterocycles. The lowest BCUT2D eigenvalue weighted by molar-refractivity contribution is -0.151. The molecule has 2 heterocycles. The molecule has 1 unspecified atom stereocenters. The summed E-state index contributed by atoms with van der Waals surface area (Å²) in [6.07, 6.45) is 1.40. The fourth-order valence-electron chi connectivity index (χ4n) is 3.78. The Morgan fingerprint density at radius 1 is 1.07 bits per heavy atom. The van der Waals surface area contributed by atoms with Gasteiger partial charge in [0.15, 0.2) is 0 Å². The smallest absolute Gasteiger partial charge is 0.352 e. The van der Waals surface area contributed by atoms with Gasteiger partial charge in [-0.05, 0) is 68.2 Å². The van der Waals surface area contributed by atoms with Crippen LogP contribution >= 0.6 is 0 Å². The van der Waals surface area contributed by atoms with Crippen molar-refractivity contribution in [1.29, 1.82) is 0 Å². The zero-order valence-corrected chi connectivity index (χ0v) is 16.8. The maximum absolute atomic E-state index is 12.6. The Morgan fingerprint density at radius 3 is 2.66 bits per heavy atom. The van der Waals surface area contributed by atoms with Gasteiger partial charge in [-0.2, -0.15) is 0 Å². The van der Waals surface area contributed by atoms with Crippen LogP contribution in [-0.4, -0.2) is 38.3 Å². The Morgan fingerprint density at radius 2 is 1.90 bits per heavy atom. The van der Waals surface area contributed by atoms with Crippen LogP contribution in [0, 0.1) is 0 Å². The third kappa shape index (κ3) is 4.89. The number of hydrogen-bond donors (Lipinski definition) is 2. The van der Waals surface area contributed by atoms with Crippen LogP contribution in [0.1, 0.15) is 36.1 Å². The normalized spacial score (nSPS) is 19.3. The highest BCUT2D eigenvalue weighted by Gasteiger charge is 2.25. The summed E-state index contributed by atoms with van der Waals surface area (Å²) >= 11 is 0. The van der Waals surface area contributed by atoms with Gasteiger partial charge in [0, 0.05) is 18.7 Å². The highest BCUT2D eigenvalue weighted by atomic mass is 16.6. The number of ether oxygens (including phenoxy) is 3. The second-order valence-electron chi connectivity index (χ2n) is 7.41. The number of carbonyl (C=O) groups is 1. The van der Waals surface area contributed by atoms with Gasteiger partial charge in [0.2, 0.25) is 6.10 Å². The van der Waals surface area contributed by atoms with E-state index in [1.807, 2.05) is 36.4 Å². The van der Waals surface area contributed by atoms with Crippen molar-refractivity contribution in [3.05, 3.63) is 59.2 Å². The van der Waals surface area contributed by atoms with E-state index < -0.39 is 12.1 Å². The van der Waals surface area contributed by atoms with Crippen LogP contribution < -0.4 is 20.1 Å². The van der Waals surface area contributed by atoms with E-state index in [1.165, 1.54) is 11.1 Å². The maximum Gasteiger partial charge on any atom is 0.352 e. The molecule has 6 heteroatoms. The summed E-state index contributed by atoms with van der Waals surface area (Å²) in [5.41, 5.74) is 3.29. The molecule has 1 fully saturated rings. The van der Waals surface area contributed by atoms with Crippen LogP contribution in [0.2, 0.25) is 0 Å². The van der Waals surface area contributed by atoms with Gasteiger partial charge in [0.05, 0.1) is 6.61 Å². The predicted octanol–water partition coefficient (Wildman–Crippen LogP) is 2.76. The SMILES string of the molecule is CCOC(=O)C(Oc1ccc2c(c1)CNCC2)c1ccc(O[C@H]2CCNC2)cc1. The highest BCUT2D eigenvalue weighted by molar-refractivity contribution is 5.77. The number of carbonyl (C=O) groups excluding carboxylic acids is 1. The zero-order chi connectivity index (χ0) is 20.1. The van der Waals surface area contributed by atoms with Gasteiger partial charge >= 0.3 is 5.97 Å². The fraction of sp³-hybridized carbons (Fsp3) is 0.435. The minimum Gasteiger partial charge on any atom is -0.489 e. The van der Waals surface area contributed by atoms with Gasteiger partial charge in [0.1, 0.15) is 17.6 Å². The third-order valence-electron chi connectivity index (χ3n) is 5.32. The molecule has 0 spiro atoms. The molecule has 4 rings (SSSR count). The van der Waals surface area contributed by atoms with Crippen LogP contribution in [0.3, 0.4) is 0 Å². The number of rotatable bonds is 7. The Bertz CT molecular complexity index is 831. The van der Waals surface area contributed by atoms with Crippen molar-refractivity contribution in [2.24, 2.45) is 0 Å². The summed E-state index contributed by atoms with van der Waals surface area (Å²) in [7, 11) is 0. The molecule has 0 saturated carbocycles. The lowest BCUT2D eigenvalue weighted by Crippen LogP contribution is -2.24. The van der Waals surface area contributed by atoms with Crippen molar-refractivity contribution in [2.75, 3.05) is 26.2 Å². The van der Waals surface area contributed by atoms with E-state index >= 15 is 0 Å². The summed E-state index contributed by atoms with van der Waals surface area (Å²) in [5, 5.41) is 6.66. The quantitative estimate of drug-likeness (QED) is 0.702. The molecule has 0 amide bonds. The number of nitrogens with one attached hydrogen (secondary N) is 2. The fourth-order valence-corrected chi connectivity index (χ4v) is 3.78. The maximum atomic E-state index is 12.6. The molecule has 29 heavy (non-hydrogen) atoms. The van der Waals surface area contributed by atoms with E-state index in [2.05, 4.69) is 16.7 Å². The summed E-state index contributed by atoms with van der Waals surface area (Å²) in [6, 6.07) is 13.6. The molecular weight excluding hydrogens is 368 g/mol. The monoisotopic (exact) mass is 396 g/mol. The molecule has 1 saturated heterocycles. The van der Waals surface area contributed by atoms with E-state index in [1.54, 1.807) is 6.92 Å². The molecule has 2 atom stereocenters. The van der Waals surface area contributed by atoms with Gasteiger partial charge in [-0.25, -0.2) is 4.79 Å². The molecule has 0 bridgehead atoms. The van der Waals surface area contributed by atoms with Crippen LogP contribution in [-0.2, 0) is 22.5 Å². The lowest BCUT2D eigenvalue weighted by atomic mass is 10.0. The first kappa shape index (κ1) is 19.7. The van der Waals surface area contributed by atoms with Gasteiger partial charge in [-0.3, -0.25) is 0 Å². The van der Waals surface area contributed by atoms with Crippen LogP contribution in [0.4, 0.5) is 0 Å². The van der Waals surface area contributed by atoms with Gasteiger partial charge < -0.3 is 24.8 Å². The molecule has 6 nitrogen and oxygen atoms in total. The second kappa shape index (κ2) is 9.29. The lowest BCUT2D eigenvalue weighted by Gasteiger charge is -2.21. The van der Waals surface area contributed by atoms with Crippen LogP contribution in [0.15, 0.2) is 42.5 Å². The third-order valence-corrected chi connectivity index (χ3v) is 5.32. The van der Waals surface area contributed by atoms with Gasteiger partial charge in [0.25, 0.3) is 0 Å². The van der Waals surface area contributed by atoms with Crippen molar-refractivity contribution in [1.82, 2.24) is 10.6 Å². The minimum absolute atomic E-state index is 0.196. The van der Waals surface area contributed by atoms with Crippen molar-refractivity contribution in [3.63, 3.8) is 0 Å². The Labute approximate surface area is 171 Å². The molecule has 154 valence electrons. The zero-order valence-electron chi connectivity index (χ0n) is 16.8. The number of hydrogen-bond acceptors (Lipinski definition) is 6. The highest BCUT2D eigenvalue weighted by Crippen LogP contribution is 2.28. The first-order chi connectivity index (χ1) is 14.2. The molecule has 2 N–H and O–H groups in total. The number of benzene rings is 2. The van der Waals surface area contributed by atoms with E-state index in [9.17, 15) is 4.79 Å². The molecule has 2 aromatic carbocycles. The predicted molar refractivity (Wildman–Crippen MR) is 110 cm³/mol. The summed E-state index contributed by atoms with van der Waals surface area (Å²) in [6.45, 7) is 5.76. The van der Waals surface area contributed by atoms with Crippen molar-refractivity contribution < 1.29 is 19.0 Å². The van der Waals surface area contributed by atoms with E-state index in [4.69, 9.17) is 14.2 Å². The van der Waals surface area contributed by atoms with Crippen LogP contribution in [0.5, 0.6) is 11.5 Å². The second-order valence-corrected chi connectivity index (χ2v) is 7.41. The van der Waals surface area contributed by atoms with Crippen molar-refractivity contribution >= 4 is 5.97 Å². The van der Waals surface area contributed by atoms with Gasteiger partial charge in [-0.1, -0.05) is 18.2 Å². The molecule has 2 aliphatic heterocycles. The molecule has 0 radical (unpaired) electrons. The largest absolute Gasteiger partial charge is 0.489 e. The Kier molecular flexibility index (Phi) is 6.32. The van der Waals surface area contributed by atoms with Gasteiger partial charge in [-0.15, -0.1) is 0 Å². The molecule has 0 aliphatic carbocycles. The molecular formula is C23H28N2O4. The van der Waals surface area contributed by atoms with Crippen LogP contribution in [0.25, 0.3) is 0 Å². The van der Waals surface area contributed by atoms with E-state index in [-0.39, 0.29) is 6.10 Å². The summed E-state index contributed by atoms with van der Waals surface area (Å²) < 4.78 is 17.3. The van der Waals surface area contributed by atoms with Crippen molar-refractivity contribution in [2.45, 2.75) is 38.5 Å². The number of fused-ring (bicyclic) bond motifs is 1. The first-order valence-corrected chi connectivity index (χ1v) is 10.4. The average molecular weight is 396 g/mol. The molecule has 2 aliphatic rings. The average Bonchev–Trinajstić information content (AvgIpc) is 3.26. The minimum atomic E-state index is -0.813. The molecule has 2 aromatic rings. The van der Waals surface area contributed by atoms with E-state index in [0.717, 1.165) is 50.3 Å². The summed E-state index contributed by atoms with van der Waals surface area (Å²) in [5.74, 6) is 1.07. The Hall–Kier alpha value is -2.57. The first-order valence-electron chi connectivity index (χ1n) is 10.4. The van der Waals surface area contributed by atoms with Crippen molar-refractivity contribution in [3.8, 4) is 11.5 Å².